The molecule has 0 bridgehead atoms. The molecular formula is C9H12N2O3. The predicted octanol–water partition coefficient (Wildman–Crippen LogP) is 1.22. The van der Waals surface area contributed by atoms with Gasteiger partial charge in [-0.05, 0) is 12.3 Å². The Bertz CT molecular complexity index is 348. The van der Waals surface area contributed by atoms with Crippen LogP contribution in [0.25, 0.3) is 0 Å². The molecule has 5 heteroatoms. The summed E-state index contributed by atoms with van der Waals surface area (Å²) in [5.74, 6) is -0.428. The smallest absolute Gasteiger partial charge is 0.357 e. The van der Waals surface area contributed by atoms with E-state index < -0.39 is 5.97 Å². The molecule has 1 aromatic heterocycles. The van der Waals surface area contributed by atoms with Gasteiger partial charge in [-0.3, -0.25) is 0 Å². The number of hydrogen-bond donors (Lipinski definition) is 1. The molecule has 1 N–H and O–H groups in total. The van der Waals surface area contributed by atoms with Crippen molar-refractivity contribution in [3.63, 3.8) is 0 Å². The van der Waals surface area contributed by atoms with Crippen LogP contribution in [0.1, 0.15) is 23.8 Å². The Morgan fingerprint density at radius 2 is 2.57 bits per heavy atom. The van der Waals surface area contributed by atoms with Crippen LogP contribution in [-0.2, 0) is 0 Å². The van der Waals surface area contributed by atoms with Crippen LogP contribution < -0.4 is 4.90 Å². The number of nitrogens with zero attached hydrogens (tertiary/aromatic N) is 2. The fraction of sp³-hybridized carbons (Fsp3) is 0.556. The van der Waals surface area contributed by atoms with Gasteiger partial charge in [-0.2, -0.15) is 4.98 Å². The van der Waals surface area contributed by atoms with Gasteiger partial charge < -0.3 is 14.4 Å². The number of carboxylic acids is 1. The fourth-order valence-electron chi connectivity index (χ4n) is 1.62. The van der Waals surface area contributed by atoms with Crippen LogP contribution in [0.4, 0.5) is 6.01 Å². The summed E-state index contributed by atoms with van der Waals surface area (Å²) < 4.78 is 5.09. The summed E-state index contributed by atoms with van der Waals surface area (Å²) in [6.07, 6.45) is 2.28. The fourth-order valence-corrected chi connectivity index (χ4v) is 1.62. The molecule has 2 heterocycles. The van der Waals surface area contributed by atoms with E-state index in [0.29, 0.717) is 11.9 Å². The van der Waals surface area contributed by atoms with Gasteiger partial charge in [0.2, 0.25) is 0 Å². The van der Waals surface area contributed by atoms with Crippen molar-refractivity contribution < 1.29 is 14.3 Å². The summed E-state index contributed by atoms with van der Waals surface area (Å²) in [4.78, 5) is 16.4. The monoisotopic (exact) mass is 196 g/mol. The summed E-state index contributed by atoms with van der Waals surface area (Å²) in [7, 11) is 0. The Balaban J connectivity index is 2.13. The molecule has 1 atom stereocenters. The maximum atomic E-state index is 10.6. The second-order valence-corrected chi connectivity index (χ2v) is 3.66. The van der Waals surface area contributed by atoms with Crippen molar-refractivity contribution >= 4 is 12.0 Å². The quantitative estimate of drug-likeness (QED) is 0.770. The first-order valence-electron chi connectivity index (χ1n) is 4.60. The zero-order valence-electron chi connectivity index (χ0n) is 7.93. The third kappa shape index (κ3) is 1.57. The molecule has 1 aromatic rings. The van der Waals surface area contributed by atoms with E-state index in [2.05, 4.69) is 11.9 Å². The normalized spacial score (nSPS) is 21.5. The molecular weight excluding hydrogens is 184 g/mol. The lowest BCUT2D eigenvalue weighted by Gasteiger charge is -2.11. The summed E-state index contributed by atoms with van der Waals surface area (Å²) >= 11 is 0. The summed E-state index contributed by atoms with van der Waals surface area (Å²) in [5.41, 5.74) is -0.0282. The van der Waals surface area contributed by atoms with E-state index in [0.717, 1.165) is 19.5 Å². The number of carboxylic acid groups (broad SMARTS) is 1. The molecule has 1 aliphatic heterocycles. The molecule has 14 heavy (non-hydrogen) atoms. The number of oxazole rings is 1. The van der Waals surface area contributed by atoms with Crippen LogP contribution in [-0.4, -0.2) is 29.1 Å². The molecule has 0 amide bonds. The minimum atomic E-state index is -1.05. The Morgan fingerprint density at radius 1 is 1.79 bits per heavy atom. The van der Waals surface area contributed by atoms with E-state index in [-0.39, 0.29) is 5.69 Å². The van der Waals surface area contributed by atoms with Gasteiger partial charge >= 0.3 is 5.97 Å². The zero-order valence-corrected chi connectivity index (χ0v) is 7.93. The van der Waals surface area contributed by atoms with Gasteiger partial charge in [0.15, 0.2) is 5.69 Å². The summed E-state index contributed by atoms with van der Waals surface area (Å²) in [5, 5.41) is 8.65. The number of aromatic carboxylic acids is 1. The number of anilines is 1. The first-order chi connectivity index (χ1) is 6.66. The number of carbonyl (C=O) groups is 1. The van der Waals surface area contributed by atoms with Crippen molar-refractivity contribution in [2.75, 3.05) is 18.0 Å². The number of hydrogen-bond acceptors (Lipinski definition) is 4. The summed E-state index contributed by atoms with van der Waals surface area (Å²) in [6, 6.07) is 0.423. The topological polar surface area (TPSA) is 66.6 Å². The second-order valence-electron chi connectivity index (χ2n) is 3.66. The first-order valence-corrected chi connectivity index (χ1v) is 4.60. The minimum absolute atomic E-state index is 0.0282. The maximum Gasteiger partial charge on any atom is 0.357 e. The Kier molecular flexibility index (Phi) is 2.15. The molecule has 0 aliphatic carbocycles. The van der Waals surface area contributed by atoms with Crippen LogP contribution in [0.3, 0.4) is 0 Å². The standard InChI is InChI=1S/C9H12N2O3/c1-6-2-3-11(4-6)9-10-7(5-14-9)8(12)13/h5-6H,2-4H2,1H3,(H,12,13). The average Bonchev–Trinajstić information content (AvgIpc) is 2.70. The van der Waals surface area contributed by atoms with Crippen molar-refractivity contribution in [1.29, 1.82) is 0 Å². The zero-order chi connectivity index (χ0) is 10.1. The molecule has 0 saturated carbocycles. The highest BCUT2D eigenvalue weighted by atomic mass is 16.4. The maximum absolute atomic E-state index is 10.6. The lowest BCUT2D eigenvalue weighted by atomic mass is 10.2. The molecule has 1 aliphatic rings. The number of aromatic nitrogens is 1. The summed E-state index contributed by atoms with van der Waals surface area (Å²) in [6.45, 7) is 3.93. The van der Waals surface area contributed by atoms with Gasteiger partial charge in [0.1, 0.15) is 6.26 Å². The van der Waals surface area contributed by atoms with Crippen LogP contribution >= 0.6 is 0 Å². The van der Waals surface area contributed by atoms with Crippen LogP contribution in [0.15, 0.2) is 10.7 Å². The van der Waals surface area contributed by atoms with Gasteiger partial charge in [0.25, 0.3) is 6.01 Å². The van der Waals surface area contributed by atoms with E-state index in [1.165, 1.54) is 6.26 Å². The Hall–Kier alpha value is -1.52. The Morgan fingerprint density at radius 3 is 3.07 bits per heavy atom. The van der Waals surface area contributed by atoms with E-state index >= 15 is 0 Å². The molecule has 1 saturated heterocycles. The second kappa shape index (κ2) is 3.32. The Labute approximate surface area is 81.3 Å². The van der Waals surface area contributed by atoms with E-state index in [4.69, 9.17) is 9.52 Å². The highest BCUT2D eigenvalue weighted by Gasteiger charge is 2.23. The van der Waals surface area contributed by atoms with Crippen molar-refractivity contribution in [3.8, 4) is 0 Å². The molecule has 1 fully saturated rings. The van der Waals surface area contributed by atoms with Crippen molar-refractivity contribution in [2.24, 2.45) is 5.92 Å². The van der Waals surface area contributed by atoms with Gasteiger partial charge in [-0.15, -0.1) is 0 Å². The van der Waals surface area contributed by atoms with E-state index in [9.17, 15) is 4.79 Å². The molecule has 0 radical (unpaired) electrons. The molecule has 2 rings (SSSR count). The molecule has 5 nitrogen and oxygen atoms in total. The minimum Gasteiger partial charge on any atom is -0.476 e. The highest BCUT2D eigenvalue weighted by Crippen LogP contribution is 2.22. The largest absolute Gasteiger partial charge is 0.476 e. The van der Waals surface area contributed by atoms with Crippen LogP contribution in [0.5, 0.6) is 0 Å². The van der Waals surface area contributed by atoms with Crippen molar-refractivity contribution in [3.05, 3.63) is 12.0 Å². The van der Waals surface area contributed by atoms with Crippen molar-refractivity contribution in [1.82, 2.24) is 4.98 Å². The molecule has 0 spiro atoms. The molecule has 1 unspecified atom stereocenters. The van der Waals surface area contributed by atoms with E-state index in [1.54, 1.807) is 0 Å². The highest BCUT2D eigenvalue weighted by molar-refractivity contribution is 5.85. The lowest BCUT2D eigenvalue weighted by molar-refractivity contribution is 0.0690. The van der Waals surface area contributed by atoms with E-state index in [1.807, 2.05) is 4.90 Å². The SMILES string of the molecule is CC1CCN(c2nc(C(=O)O)co2)C1. The molecule has 76 valence electrons. The van der Waals surface area contributed by atoms with Gasteiger partial charge in [0, 0.05) is 13.1 Å². The lowest BCUT2D eigenvalue weighted by Crippen LogP contribution is -2.19. The predicted molar refractivity (Wildman–Crippen MR) is 49.5 cm³/mol. The van der Waals surface area contributed by atoms with Crippen LogP contribution in [0, 0.1) is 5.92 Å². The molecule has 0 aromatic carbocycles. The van der Waals surface area contributed by atoms with Gasteiger partial charge in [0.05, 0.1) is 0 Å². The van der Waals surface area contributed by atoms with Crippen molar-refractivity contribution in [2.45, 2.75) is 13.3 Å². The van der Waals surface area contributed by atoms with Gasteiger partial charge in [-0.1, -0.05) is 6.92 Å². The van der Waals surface area contributed by atoms with Gasteiger partial charge in [-0.25, -0.2) is 4.79 Å². The average molecular weight is 196 g/mol. The first kappa shape index (κ1) is 9.05. The third-order valence-corrected chi connectivity index (χ3v) is 2.41. The van der Waals surface area contributed by atoms with Crippen LogP contribution in [0.2, 0.25) is 0 Å². The third-order valence-electron chi connectivity index (χ3n) is 2.41. The number of rotatable bonds is 2.